The molecule has 140 valence electrons. The Labute approximate surface area is 159 Å². The summed E-state index contributed by atoms with van der Waals surface area (Å²) >= 11 is 0. The first kappa shape index (κ1) is 17.5. The molecule has 1 aliphatic rings. The summed E-state index contributed by atoms with van der Waals surface area (Å²) < 4.78 is 1.82. The molecule has 6 nitrogen and oxygen atoms in total. The van der Waals surface area contributed by atoms with Crippen molar-refractivity contribution < 1.29 is 4.79 Å². The average Bonchev–Trinajstić information content (AvgIpc) is 3.09. The van der Waals surface area contributed by atoms with Crippen molar-refractivity contribution in [1.29, 1.82) is 0 Å². The normalized spacial score (nSPS) is 17.5. The fourth-order valence-corrected chi connectivity index (χ4v) is 3.89. The van der Waals surface area contributed by atoms with Crippen LogP contribution in [0.25, 0.3) is 11.0 Å². The van der Waals surface area contributed by atoms with E-state index in [4.69, 9.17) is 0 Å². The minimum absolute atomic E-state index is 0.187. The van der Waals surface area contributed by atoms with Gasteiger partial charge in [-0.1, -0.05) is 35.5 Å². The number of hydrogen-bond acceptors (Lipinski definition) is 4. The molecule has 1 saturated heterocycles. The second kappa shape index (κ2) is 7.39. The predicted octanol–water partition coefficient (Wildman–Crippen LogP) is 2.87. The second-order valence-electron chi connectivity index (χ2n) is 7.22. The van der Waals surface area contributed by atoms with Crippen LogP contribution in [-0.4, -0.2) is 51.5 Å². The number of hydrogen-bond donors (Lipinski definition) is 0. The number of aryl methyl sites for hydroxylation is 2. The number of aromatic nitrogens is 3. The molecule has 1 atom stereocenters. The van der Waals surface area contributed by atoms with E-state index in [0.29, 0.717) is 13.0 Å². The highest BCUT2D eigenvalue weighted by atomic mass is 16.2. The van der Waals surface area contributed by atoms with Crippen LogP contribution < -0.4 is 4.90 Å². The number of amides is 1. The Morgan fingerprint density at radius 3 is 2.70 bits per heavy atom. The van der Waals surface area contributed by atoms with E-state index < -0.39 is 0 Å². The SMILES string of the molecule is Cc1ccccc1N1CCN(C(=O)CCn2nnc3ccccc32)[C@H](C)C1. The number of fused-ring (bicyclic) bond motifs is 1. The van der Waals surface area contributed by atoms with Gasteiger partial charge < -0.3 is 9.80 Å². The highest BCUT2D eigenvalue weighted by Gasteiger charge is 2.27. The van der Waals surface area contributed by atoms with Gasteiger partial charge in [-0.15, -0.1) is 5.10 Å². The monoisotopic (exact) mass is 363 g/mol. The molecule has 0 bridgehead atoms. The van der Waals surface area contributed by atoms with Crippen molar-refractivity contribution in [2.75, 3.05) is 24.5 Å². The molecule has 1 amide bonds. The lowest BCUT2D eigenvalue weighted by Crippen LogP contribution is -2.54. The fourth-order valence-electron chi connectivity index (χ4n) is 3.89. The van der Waals surface area contributed by atoms with Crippen LogP contribution in [0.2, 0.25) is 0 Å². The van der Waals surface area contributed by atoms with Gasteiger partial charge in [-0.05, 0) is 37.6 Å². The van der Waals surface area contributed by atoms with Crippen LogP contribution in [0.15, 0.2) is 48.5 Å². The Kier molecular flexibility index (Phi) is 4.79. The molecule has 1 aromatic heterocycles. The average molecular weight is 363 g/mol. The van der Waals surface area contributed by atoms with E-state index in [2.05, 4.69) is 53.3 Å². The first-order valence-electron chi connectivity index (χ1n) is 9.52. The number of benzene rings is 2. The van der Waals surface area contributed by atoms with Crippen LogP contribution in [0.5, 0.6) is 0 Å². The van der Waals surface area contributed by atoms with Gasteiger partial charge in [-0.25, -0.2) is 4.68 Å². The van der Waals surface area contributed by atoms with Crippen molar-refractivity contribution in [2.45, 2.75) is 32.9 Å². The van der Waals surface area contributed by atoms with Gasteiger partial charge in [0.2, 0.25) is 5.91 Å². The Hall–Kier alpha value is -2.89. The number of nitrogens with zero attached hydrogens (tertiary/aromatic N) is 5. The van der Waals surface area contributed by atoms with E-state index >= 15 is 0 Å². The van der Waals surface area contributed by atoms with Crippen LogP contribution in [0, 0.1) is 6.92 Å². The van der Waals surface area contributed by atoms with Gasteiger partial charge >= 0.3 is 0 Å². The molecule has 0 N–H and O–H groups in total. The maximum atomic E-state index is 12.8. The summed E-state index contributed by atoms with van der Waals surface area (Å²) in [6, 6.07) is 16.5. The van der Waals surface area contributed by atoms with Gasteiger partial charge in [-0.2, -0.15) is 0 Å². The molecular formula is C21H25N5O. The molecule has 0 saturated carbocycles. The Balaban J connectivity index is 1.38. The number of carbonyl (C=O) groups is 1. The van der Waals surface area contributed by atoms with Crippen LogP contribution >= 0.6 is 0 Å². The molecule has 2 aromatic carbocycles. The topological polar surface area (TPSA) is 54.3 Å². The van der Waals surface area contributed by atoms with Crippen molar-refractivity contribution in [3.8, 4) is 0 Å². The van der Waals surface area contributed by atoms with Gasteiger partial charge in [0.15, 0.2) is 0 Å². The Morgan fingerprint density at radius 2 is 1.89 bits per heavy atom. The number of piperazine rings is 1. The summed E-state index contributed by atoms with van der Waals surface area (Å²) in [6.07, 6.45) is 0.446. The molecule has 1 fully saturated rings. The maximum Gasteiger partial charge on any atom is 0.224 e. The summed E-state index contributed by atoms with van der Waals surface area (Å²) in [4.78, 5) is 17.2. The number of para-hydroxylation sites is 2. The van der Waals surface area contributed by atoms with Crippen molar-refractivity contribution in [2.24, 2.45) is 0 Å². The van der Waals surface area contributed by atoms with E-state index in [-0.39, 0.29) is 11.9 Å². The smallest absolute Gasteiger partial charge is 0.224 e. The highest BCUT2D eigenvalue weighted by Crippen LogP contribution is 2.23. The van der Waals surface area contributed by atoms with Crippen LogP contribution in [0.3, 0.4) is 0 Å². The predicted molar refractivity (Wildman–Crippen MR) is 107 cm³/mol. The third-order valence-corrected chi connectivity index (χ3v) is 5.36. The minimum Gasteiger partial charge on any atom is -0.367 e. The van der Waals surface area contributed by atoms with Crippen molar-refractivity contribution in [3.05, 3.63) is 54.1 Å². The van der Waals surface area contributed by atoms with Crippen LogP contribution in [-0.2, 0) is 11.3 Å². The Bertz CT molecular complexity index is 950. The molecule has 6 heteroatoms. The molecule has 1 aliphatic heterocycles. The summed E-state index contributed by atoms with van der Waals surface area (Å²) in [5, 5.41) is 8.34. The minimum atomic E-state index is 0.187. The zero-order valence-corrected chi connectivity index (χ0v) is 15.9. The zero-order chi connectivity index (χ0) is 18.8. The molecule has 0 aliphatic carbocycles. The van der Waals surface area contributed by atoms with Gasteiger partial charge in [0.05, 0.1) is 12.1 Å². The summed E-state index contributed by atoms with van der Waals surface area (Å²) in [5.74, 6) is 0.187. The number of anilines is 1. The van der Waals surface area contributed by atoms with Crippen LogP contribution in [0.4, 0.5) is 5.69 Å². The quantitative estimate of drug-likeness (QED) is 0.715. The second-order valence-corrected chi connectivity index (χ2v) is 7.22. The summed E-state index contributed by atoms with van der Waals surface area (Å²) in [5.41, 5.74) is 4.39. The van der Waals surface area contributed by atoms with E-state index in [1.54, 1.807) is 0 Å². The van der Waals surface area contributed by atoms with Gasteiger partial charge in [0.1, 0.15) is 5.52 Å². The molecule has 3 aromatic rings. The molecule has 2 heterocycles. The lowest BCUT2D eigenvalue weighted by molar-refractivity contribution is -0.133. The van der Waals surface area contributed by atoms with Crippen molar-refractivity contribution in [3.63, 3.8) is 0 Å². The van der Waals surface area contributed by atoms with Crippen molar-refractivity contribution >= 4 is 22.6 Å². The van der Waals surface area contributed by atoms with Gasteiger partial charge in [0, 0.05) is 37.8 Å². The lowest BCUT2D eigenvalue weighted by Gasteiger charge is -2.41. The van der Waals surface area contributed by atoms with E-state index in [1.165, 1.54) is 11.3 Å². The standard InChI is InChI=1S/C21H25N5O/c1-16-7-3-5-9-19(16)24-13-14-25(17(2)15-24)21(27)11-12-26-20-10-6-4-8-18(20)22-23-26/h3-10,17H,11-15H2,1-2H3/t17-/m1/s1. The van der Waals surface area contributed by atoms with Crippen LogP contribution in [0.1, 0.15) is 18.9 Å². The van der Waals surface area contributed by atoms with Gasteiger partial charge in [0.25, 0.3) is 0 Å². The third-order valence-electron chi connectivity index (χ3n) is 5.36. The number of rotatable bonds is 4. The number of carbonyl (C=O) groups excluding carboxylic acids is 1. The first-order valence-corrected chi connectivity index (χ1v) is 9.52. The third kappa shape index (κ3) is 3.52. The largest absolute Gasteiger partial charge is 0.367 e. The van der Waals surface area contributed by atoms with E-state index in [0.717, 1.165) is 30.7 Å². The highest BCUT2D eigenvalue weighted by molar-refractivity contribution is 5.78. The maximum absolute atomic E-state index is 12.8. The first-order chi connectivity index (χ1) is 13.1. The zero-order valence-electron chi connectivity index (χ0n) is 15.9. The van der Waals surface area contributed by atoms with Crippen molar-refractivity contribution in [1.82, 2.24) is 19.9 Å². The summed E-state index contributed by atoms with van der Waals surface area (Å²) in [6.45, 7) is 7.32. The van der Waals surface area contributed by atoms with Gasteiger partial charge in [-0.3, -0.25) is 4.79 Å². The molecule has 0 unspecified atom stereocenters. The molecule has 27 heavy (non-hydrogen) atoms. The van der Waals surface area contributed by atoms with E-state index in [1.807, 2.05) is 33.8 Å². The molecule has 0 radical (unpaired) electrons. The fraction of sp³-hybridized carbons (Fsp3) is 0.381. The molecule has 0 spiro atoms. The van der Waals surface area contributed by atoms with E-state index in [9.17, 15) is 4.79 Å². The molecular weight excluding hydrogens is 338 g/mol. The lowest BCUT2D eigenvalue weighted by atomic mass is 10.1. The summed E-state index contributed by atoms with van der Waals surface area (Å²) in [7, 11) is 0. The molecule has 4 rings (SSSR count). The Morgan fingerprint density at radius 1 is 1.11 bits per heavy atom.